The number of anilines is 4. The summed E-state index contributed by atoms with van der Waals surface area (Å²) < 4.78 is 0. The Morgan fingerprint density at radius 3 is 2.12 bits per heavy atom. The second-order valence-corrected chi connectivity index (χ2v) is 5.24. The quantitative estimate of drug-likeness (QED) is 0.379. The largest absolute Gasteiger partial charge is 0.399 e. The van der Waals surface area contributed by atoms with Gasteiger partial charge in [0, 0.05) is 43.6 Å². The van der Waals surface area contributed by atoms with Gasteiger partial charge in [0.05, 0.1) is 5.69 Å². The fourth-order valence-electron chi connectivity index (χ4n) is 1.88. The van der Waals surface area contributed by atoms with E-state index in [1.54, 1.807) is 0 Å². The van der Waals surface area contributed by atoms with E-state index in [4.69, 9.17) is 5.73 Å². The Hall–Kier alpha value is -3.28. The van der Waals surface area contributed by atoms with Gasteiger partial charge in [0.25, 0.3) is 0 Å². The first-order chi connectivity index (χ1) is 11.6. The van der Waals surface area contributed by atoms with Crippen LogP contribution in [0.2, 0.25) is 0 Å². The van der Waals surface area contributed by atoms with Crippen LogP contribution >= 0.6 is 0 Å². The van der Waals surface area contributed by atoms with Crippen molar-refractivity contribution < 1.29 is 0 Å². The maximum atomic E-state index is 5.68. The van der Waals surface area contributed by atoms with Gasteiger partial charge in [0.1, 0.15) is 5.82 Å². The van der Waals surface area contributed by atoms with E-state index < -0.39 is 0 Å². The first-order valence-corrected chi connectivity index (χ1v) is 7.59. The van der Waals surface area contributed by atoms with E-state index in [1.807, 2.05) is 79.9 Å². The van der Waals surface area contributed by atoms with Gasteiger partial charge in [-0.2, -0.15) is 0 Å². The molecule has 0 radical (unpaired) electrons. The van der Waals surface area contributed by atoms with E-state index >= 15 is 0 Å². The van der Waals surface area contributed by atoms with Crippen LogP contribution in [0.1, 0.15) is 0 Å². The fraction of sp³-hybridized carbons (Fsp3) is 0.111. The van der Waals surface area contributed by atoms with Crippen LogP contribution < -0.4 is 27.2 Å². The predicted octanol–water partition coefficient (Wildman–Crippen LogP) is 3.02. The molecule has 24 heavy (non-hydrogen) atoms. The van der Waals surface area contributed by atoms with E-state index in [2.05, 4.69) is 28.1 Å². The molecule has 0 aromatic heterocycles. The zero-order valence-corrected chi connectivity index (χ0v) is 14.0. The SMILES string of the molecule is C=C(NNc1ccc(Nc2ccc(N)cc2)cc1)N(C)C=CNC. The standard InChI is InChI=1S/C18H24N6/c1-14(24(3)13-12-20-2)22-23-18-10-8-17(9-11-18)21-16-6-4-15(19)5-7-16/h4-13,20-23H,1,19H2,2-3H3. The molecular formula is C18H24N6. The molecule has 6 N–H and O–H groups in total. The summed E-state index contributed by atoms with van der Waals surface area (Å²) >= 11 is 0. The monoisotopic (exact) mass is 324 g/mol. The minimum absolute atomic E-state index is 0.727. The van der Waals surface area contributed by atoms with Crippen molar-refractivity contribution in [2.45, 2.75) is 0 Å². The predicted molar refractivity (Wildman–Crippen MR) is 102 cm³/mol. The molecule has 2 aromatic rings. The van der Waals surface area contributed by atoms with Crippen LogP contribution in [0.3, 0.4) is 0 Å². The number of nitrogens with two attached hydrogens (primary N) is 1. The highest BCUT2D eigenvalue weighted by Gasteiger charge is 1.99. The number of hydrogen-bond donors (Lipinski definition) is 5. The van der Waals surface area contributed by atoms with Crippen LogP contribution in [-0.4, -0.2) is 19.0 Å². The first kappa shape index (κ1) is 17.1. The van der Waals surface area contributed by atoms with Gasteiger partial charge in [0.2, 0.25) is 0 Å². The average molecular weight is 324 g/mol. The molecule has 2 aromatic carbocycles. The molecule has 0 amide bonds. The molecule has 0 aliphatic rings. The number of nitrogen functional groups attached to an aromatic ring is 1. The van der Waals surface area contributed by atoms with Crippen molar-refractivity contribution in [2.75, 3.05) is 30.6 Å². The van der Waals surface area contributed by atoms with Crippen LogP contribution in [0, 0.1) is 0 Å². The number of hydrogen-bond acceptors (Lipinski definition) is 6. The number of benzene rings is 2. The lowest BCUT2D eigenvalue weighted by Crippen LogP contribution is -2.28. The summed E-state index contributed by atoms with van der Waals surface area (Å²) in [5.74, 6) is 0.727. The summed E-state index contributed by atoms with van der Waals surface area (Å²) in [4.78, 5) is 1.86. The van der Waals surface area contributed by atoms with Crippen LogP contribution in [0.4, 0.5) is 22.7 Å². The minimum Gasteiger partial charge on any atom is -0.399 e. The average Bonchev–Trinajstić information content (AvgIpc) is 2.60. The normalized spacial score (nSPS) is 10.2. The molecule has 0 saturated carbocycles. The van der Waals surface area contributed by atoms with Crippen molar-refractivity contribution in [3.8, 4) is 0 Å². The summed E-state index contributed by atoms with van der Waals surface area (Å²) in [6, 6.07) is 15.6. The van der Waals surface area contributed by atoms with Crippen LogP contribution in [-0.2, 0) is 0 Å². The summed E-state index contributed by atoms with van der Waals surface area (Å²) in [6.07, 6.45) is 3.70. The van der Waals surface area contributed by atoms with Crippen LogP contribution in [0.25, 0.3) is 0 Å². The third kappa shape index (κ3) is 5.17. The molecule has 0 aliphatic heterocycles. The molecule has 0 spiro atoms. The number of nitrogens with zero attached hydrogens (tertiary/aromatic N) is 1. The smallest absolute Gasteiger partial charge is 0.116 e. The Balaban J connectivity index is 1.86. The Morgan fingerprint density at radius 1 is 1.00 bits per heavy atom. The second kappa shape index (κ2) is 8.38. The Kier molecular flexibility index (Phi) is 5.96. The Labute approximate surface area is 143 Å². The Bertz CT molecular complexity index is 676. The summed E-state index contributed by atoms with van der Waals surface area (Å²) in [5, 5.41) is 6.25. The zero-order valence-electron chi connectivity index (χ0n) is 14.0. The van der Waals surface area contributed by atoms with Gasteiger partial charge in [0.15, 0.2) is 0 Å². The lowest BCUT2D eigenvalue weighted by Gasteiger charge is -2.19. The molecular weight excluding hydrogens is 300 g/mol. The highest BCUT2D eigenvalue weighted by Crippen LogP contribution is 2.19. The third-order valence-electron chi connectivity index (χ3n) is 3.33. The van der Waals surface area contributed by atoms with Gasteiger partial charge in [-0.15, -0.1) is 0 Å². The van der Waals surface area contributed by atoms with Crippen molar-refractivity contribution in [1.29, 1.82) is 0 Å². The molecule has 0 saturated heterocycles. The number of hydrazine groups is 1. The molecule has 126 valence electrons. The molecule has 0 fully saturated rings. The van der Waals surface area contributed by atoms with Crippen molar-refractivity contribution >= 4 is 22.7 Å². The highest BCUT2D eigenvalue weighted by molar-refractivity contribution is 5.63. The molecule has 6 heteroatoms. The fourth-order valence-corrected chi connectivity index (χ4v) is 1.88. The van der Waals surface area contributed by atoms with Gasteiger partial charge in [-0.1, -0.05) is 6.58 Å². The van der Waals surface area contributed by atoms with Crippen LogP contribution in [0.5, 0.6) is 0 Å². The van der Waals surface area contributed by atoms with Crippen LogP contribution in [0.15, 0.2) is 73.3 Å². The zero-order chi connectivity index (χ0) is 17.4. The molecule has 2 rings (SSSR count). The second-order valence-electron chi connectivity index (χ2n) is 5.24. The maximum Gasteiger partial charge on any atom is 0.116 e. The van der Waals surface area contributed by atoms with E-state index in [0.717, 1.165) is 28.6 Å². The van der Waals surface area contributed by atoms with Gasteiger partial charge < -0.3 is 21.3 Å². The summed E-state index contributed by atoms with van der Waals surface area (Å²) in [6.45, 7) is 3.95. The van der Waals surface area contributed by atoms with E-state index in [0.29, 0.717) is 0 Å². The lowest BCUT2D eigenvalue weighted by atomic mass is 10.2. The van der Waals surface area contributed by atoms with E-state index in [9.17, 15) is 0 Å². The molecule has 0 heterocycles. The van der Waals surface area contributed by atoms with Crippen molar-refractivity contribution in [1.82, 2.24) is 15.6 Å². The summed E-state index contributed by atoms with van der Waals surface area (Å²) in [5.41, 5.74) is 15.5. The first-order valence-electron chi connectivity index (χ1n) is 7.59. The molecule has 0 bridgehead atoms. The highest BCUT2D eigenvalue weighted by atomic mass is 15.4. The topological polar surface area (TPSA) is 77.4 Å². The third-order valence-corrected chi connectivity index (χ3v) is 3.33. The van der Waals surface area contributed by atoms with E-state index in [-0.39, 0.29) is 0 Å². The van der Waals surface area contributed by atoms with Crippen molar-refractivity contribution in [2.24, 2.45) is 0 Å². The van der Waals surface area contributed by atoms with Gasteiger partial charge in [-0.25, -0.2) is 0 Å². The Morgan fingerprint density at radius 2 is 1.54 bits per heavy atom. The lowest BCUT2D eigenvalue weighted by molar-refractivity contribution is 0.524. The molecule has 0 atom stereocenters. The van der Waals surface area contributed by atoms with Crippen molar-refractivity contribution in [3.05, 3.63) is 73.3 Å². The maximum absolute atomic E-state index is 5.68. The minimum atomic E-state index is 0.727. The van der Waals surface area contributed by atoms with Gasteiger partial charge in [-0.3, -0.25) is 10.9 Å². The number of nitrogens with one attached hydrogen (secondary N) is 4. The number of rotatable bonds is 8. The molecule has 6 nitrogen and oxygen atoms in total. The molecule has 0 unspecified atom stereocenters. The van der Waals surface area contributed by atoms with Gasteiger partial charge >= 0.3 is 0 Å². The molecule has 0 aliphatic carbocycles. The summed E-state index contributed by atoms with van der Waals surface area (Å²) in [7, 11) is 3.75. The van der Waals surface area contributed by atoms with Gasteiger partial charge in [-0.05, 0) is 48.5 Å². The van der Waals surface area contributed by atoms with Crippen molar-refractivity contribution in [3.63, 3.8) is 0 Å². The van der Waals surface area contributed by atoms with E-state index in [1.165, 1.54) is 0 Å².